The molecule has 1 heterocycles. The average Bonchev–Trinajstić information content (AvgIpc) is 2.43. The van der Waals surface area contributed by atoms with Gasteiger partial charge >= 0.3 is 0 Å². The molecule has 0 saturated carbocycles. The molecular formula is C15H17ClN2S. The largest absolute Gasteiger partial charge is 0.327 e. The molecule has 2 nitrogen and oxygen atoms in total. The van der Waals surface area contributed by atoms with Crippen LogP contribution in [0.3, 0.4) is 0 Å². The van der Waals surface area contributed by atoms with Crippen molar-refractivity contribution >= 4 is 23.4 Å². The van der Waals surface area contributed by atoms with Gasteiger partial charge < -0.3 is 5.73 Å². The van der Waals surface area contributed by atoms with E-state index in [4.69, 9.17) is 17.3 Å². The van der Waals surface area contributed by atoms with Crippen molar-refractivity contribution in [3.8, 4) is 0 Å². The summed E-state index contributed by atoms with van der Waals surface area (Å²) in [7, 11) is 0. The highest BCUT2D eigenvalue weighted by Gasteiger charge is 2.12. The van der Waals surface area contributed by atoms with Crippen molar-refractivity contribution in [2.24, 2.45) is 5.73 Å². The number of nitrogens with two attached hydrogens (primary N) is 1. The van der Waals surface area contributed by atoms with Gasteiger partial charge in [0.05, 0.1) is 0 Å². The Balaban J connectivity index is 2.27. The lowest BCUT2D eigenvalue weighted by molar-refractivity contribution is 0.641. The van der Waals surface area contributed by atoms with Crippen molar-refractivity contribution in [3.63, 3.8) is 0 Å². The number of hydrogen-bond donors (Lipinski definition) is 1. The van der Waals surface area contributed by atoms with Gasteiger partial charge in [-0.2, -0.15) is 0 Å². The van der Waals surface area contributed by atoms with Gasteiger partial charge in [-0.3, -0.25) is 0 Å². The molecule has 1 unspecified atom stereocenters. The Morgan fingerprint density at radius 3 is 2.79 bits per heavy atom. The van der Waals surface area contributed by atoms with Crippen molar-refractivity contribution in [1.82, 2.24) is 4.98 Å². The van der Waals surface area contributed by atoms with Crippen LogP contribution in [0.25, 0.3) is 0 Å². The predicted octanol–water partition coefficient (Wildman–Crippen LogP) is 4.17. The van der Waals surface area contributed by atoms with E-state index < -0.39 is 0 Å². The topological polar surface area (TPSA) is 38.9 Å². The maximum Gasteiger partial charge on any atom is 0.101 e. The Hall–Kier alpha value is -1.03. The molecular weight excluding hydrogens is 276 g/mol. The molecule has 0 radical (unpaired) electrons. The Morgan fingerprint density at radius 1 is 1.26 bits per heavy atom. The van der Waals surface area contributed by atoms with Crippen LogP contribution >= 0.6 is 23.4 Å². The molecule has 2 N–H and O–H groups in total. The Bertz CT molecular complexity index is 531. The summed E-state index contributed by atoms with van der Waals surface area (Å²) in [4.78, 5) is 5.47. The number of aromatic nitrogens is 1. The standard InChI is InChI=1S/C15H17ClN2S/c1-2-11(17)10-12-13(16)6-5-7-14(12)19-15-8-3-4-9-18-15/h3-9,11H,2,10,17H2,1H3. The summed E-state index contributed by atoms with van der Waals surface area (Å²) < 4.78 is 0. The molecule has 1 aromatic heterocycles. The number of hydrogen-bond acceptors (Lipinski definition) is 3. The van der Waals surface area contributed by atoms with Crippen molar-refractivity contribution in [1.29, 1.82) is 0 Å². The van der Waals surface area contributed by atoms with Crippen LogP contribution in [-0.4, -0.2) is 11.0 Å². The van der Waals surface area contributed by atoms with Crippen LogP contribution in [0.5, 0.6) is 0 Å². The van der Waals surface area contributed by atoms with Crippen molar-refractivity contribution < 1.29 is 0 Å². The van der Waals surface area contributed by atoms with E-state index in [1.807, 2.05) is 30.3 Å². The van der Waals surface area contributed by atoms with Gasteiger partial charge in [0, 0.05) is 22.2 Å². The SMILES string of the molecule is CCC(N)Cc1c(Cl)cccc1Sc1ccccn1. The fourth-order valence-electron chi connectivity index (χ4n) is 1.76. The lowest BCUT2D eigenvalue weighted by Crippen LogP contribution is -2.21. The highest BCUT2D eigenvalue weighted by molar-refractivity contribution is 7.99. The lowest BCUT2D eigenvalue weighted by Gasteiger charge is -2.14. The second-order valence-corrected chi connectivity index (χ2v) is 5.83. The molecule has 1 aromatic carbocycles. The molecule has 1 atom stereocenters. The lowest BCUT2D eigenvalue weighted by atomic mass is 10.0. The molecule has 0 fully saturated rings. The zero-order valence-electron chi connectivity index (χ0n) is 10.8. The first-order valence-electron chi connectivity index (χ1n) is 6.32. The van der Waals surface area contributed by atoms with E-state index in [1.54, 1.807) is 18.0 Å². The second-order valence-electron chi connectivity index (χ2n) is 4.36. The van der Waals surface area contributed by atoms with E-state index in [0.717, 1.165) is 33.3 Å². The smallest absolute Gasteiger partial charge is 0.101 e. The van der Waals surface area contributed by atoms with E-state index in [9.17, 15) is 0 Å². The third-order valence-corrected chi connectivity index (χ3v) is 4.33. The van der Waals surface area contributed by atoms with E-state index in [2.05, 4.69) is 18.0 Å². The Morgan fingerprint density at radius 2 is 2.11 bits per heavy atom. The third-order valence-electron chi connectivity index (χ3n) is 2.92. The van der Waals surface area contributed by atoms with Crippen LogP contribution < -0.4 is 5.73 Å². The molecule has 19 heavy (non-hydrogen) atoms. The summed E-state index contributed by atoms with van der Waals surface area (Å²) in [6.45, 7) is 2.09. The molecule has 0 amide bonds. The van der Waals surface area contributed by atoms with E-state index >= 15 is 0 Å². The maximum absolute atomic E-state index is 6.31. The Kier molecular flexibility index (Phi) is 5.25. The van der Waals surface area contributed by atoms with Gasteiger partial charge in [-0.1, -0.05) is 42.4 Å². The number of rotatable bonds is 5. The number of pyridine rings is 1. The Labute approximate surface area is 123 Å². The molecule has 0 bridgehead atoms. The first-order chi connectivity index (χ1) is 9.20. The number of nitrogens with zero attached hydrogens (tertiary/aromatic N) is 1. The quantitative estimate of drug-likeness (QED) is 0.899. The van der Waals surface area contributed by atoms with Crippen LogP contribution in [0.1, 0.15) is 18.9 Å². The normalized spacial score (nSPS) is 12.4. The van der Waals surface area contributed by atoms with E-state index in [1.165, 1.54) is 0 Å². The summed E-state index contributed by atoms with van der Waals surface area (Å²) in [6.07, 6.45) is 3.54. The summed E-state index contributed by atoms with van der Waals surface area (Å²) in [6, 6.07) is 12.0. The zero-order valence-corrected chi connectivity index (χ0v) is 12.4. The van der Waals surface area contributed by atoms with Gasteiger partial charge in [-0.05, 0) is 42.7 Å². The van der Waals surface area contributed by atoms with Crippen LogP contribution in [0.2, 0.25) is 5.02 Å². The van der Waals surface area contributed by atoms with Crippen LogP contribution in [0.4, 0.5) is 0 Å². The summed E-state index contributed by atoms with van der Waals surface area (Å²) in [5.74, 6) is 0. The highest BCUT2D eigenvalue weighted by Crippen LogP contribution is 2.33. The van der Waals surface area contributed by atoms with Crippen LogP contribution in [0.15, 0.2) is 52.5 Å². The fraction of sp³-hybridized carbons (Fsp3) is 0.267. The van der Waals surface area contributed by atoms with E-state index in [-0.39, 0.29) is 6.04 Å². The minimum atomic E-state index is 0.142. The molecule has 4 heteroatoms. The first-order valence-corrected chi connectivity index (χ1v) is 7.52. The monoisotopic (exact) mass is 292 g/mol. The molecule has 0 saturated heterocycles. The molecule has 2 rings (SSSR count). The van der Waals surface area contributed by atoms with Crippen LogP contribution in [0, 0.1) is 0 Å². The van der Waals surface area contributed by atoms with Gasteiger partial charge in [0.1, 0.15) is 5.03 Å². The molecule has 100 valence electrons. The molecule has 0 aliphatic rings. The summed E-state index contributed by atoms with van der Waals surface area (Å²) in [5.41, 5.74) is 7.17. The minimum absolute atomic E-state index is 0.142. The highest BCUT2D eigenvalue weighted by atomic mass is 35.5. The second kappa shape index (κ2) is 6.94. The fourth-order valence-corrected chi connectivity index (χ4v) is 3.02. The van der Waals surface area contributed by atoms with Gasteiger partial charge in [0.25, 0.3) is 0 Å². The zero-order chi connectivity index (χ0) is 13.7. The number of benzene rings is 1. The van der Waals surface area contributed by atoms with E-state index in [0.29, 0.717) is 0 Å². The summed E-state index contributed by atoms with van der Waals surface area (Å²) in [5, 5.41) is 1.75. The van der Waals surface area contributed by atoms with Gasteiger partial charge in [0.15, 0.2) is 0 Å². The van der Waals surface area contributed by atoms with Crippen LogP contribution in [-0.2, 0) is 6.42 Å². The minimum Gasteiger partial charge on any atom is -0.327 e. The third kappa shape index (κ3) is 3.96. The molecule has 0 aliphatic heterocycles. The van der Waals surface area contributed by atoms with Gasteiger partial charge in [-0.25, -0.2) is 4.98 Å². The first kappa shape index (κ1) is 14.4. The van der Waals surface area contributed by atoms with Gasteiger partial charge in [-0.15, -0.1) is 0 Å². The predicted molar refractivity (Wildman–Crippen MR) is 81.8 cm³/mol. The van der Waals surface area contributed by atoms with Gasteiger partial charge in [0.2, 0.25) is 0 Å². The van der Waals surface area contributed by atoms with Crippen molar-refractivity contribution in [3.05, 3.63) is 53.2 Å². The molecule has 2 aromatic rings. The maximum atomic E-state index is 6.31. The van der Waals surface area contributed by atoms with Crippen molar-refractivity contribution in [2.45, 2.75) is 35.7 Å². The molecule has 0 spiro atoms. The average molecular weight is 293 g/mol. The number of halogens is 1. The van der Waals surface area contributed by atoms with Crippen molar-refractivity contribution in [2.75, 3.05) is 0 Å². The molecule has 0 aliphatic carbocycles. The summed E-state index contributed by atoms with van der Waals surface area (Å²) >= 11 is 7.94.